The predicted molar refractivity (Wildman–Crippen MR) is 102 cm³/mol. The van der Waals surface area contributed by atoms with Crippen LogP contribution in [0.15, 0.2) is 48.5 Å². The molecule has 0 aliphatic carbocycles. The van der Waals surface area contributed by atoms with Gasteiger partial charge in [0, 0.05) is 39.4 Å². The zero-order valence-corrected chi connectivity index (χ0v) is 15.7. The van der Waals surface area contributed by atoms with E-state index >= 15 is 0 Å². The third-order valence-corrected chi connectivity index (χ3v) is 5.03. The fourth-order valence-electron chi connectivity index (χ4n) is 3.65. The van der Waals surface area contributed by atoms with Crippen molar-refractivity contribution in [2.45, 2.75) is 24.9 Å². The largest absolute Gasteiger partial charge is 0.371 e. The minimum absolute atomic E-state index is 0.0165. The predicted octanol–water partition coefficient (Wildman–Crippen LogP) is 3.50. The maximum Gasteiger partial charge on any atom is 0.247 e. The Hall–Kier alpha value is -2.47. The number of likely N-dealkylation sites (N-methyl/N-ethyl adjacent to an activating group) is 1. The number of benzene rings is 2. The highest BCUT2D eigenvalue weighted by molar-refractivity contribution is 5.89. The van der Waals surface area contributed by atoms with Crippen molar-refractivity contribution in [3.05, 3.63) is 65.7 Å². The van der Waals surface area contributed by atoms with Gasteiger partial charge in [-0.15, -0.1) is 0 Å². The summed E-state index contributed by atoms with van der Waals surface area (Å²) >= 11 is 0. The molecule has 1 N–H and O–H groups in total. The third kappa shape index (κ3) is 4.63. The summed E-state index contributed by atoms with van der Waals surface area (Å²) in [7, 11) is 3.47. The normalized spacial score (nSPS) is 16.7. The van der Waals surface area contributed by atoms with Gasteiger partial charge in [-0.1, -0.05) is 18.2 Å². The van der Waals surface area contributed by atoms with E-state index in [0.29, 0.717) is 38.2 Å². The molecule has 6 heteroatoms. The maximum atomic E-state index is 13.6. The Morgan fingerprint density at radius 1 is 1.07 bits per heavy atom. The second kappa shape index (κ2) is 8.05. The summed E-state index contributed by atoms with van der Waals surface area (Å²) in [5, 5.41) is 3.29. The van der Waals surface area contributed by atoms with Crippen molar-refractivity contribution in [1.29, 1.82) is 0 Å². The summed E-state index contributed by atoms with van der Waals surface area (Å²) in [6, 6.07) is 12.8. The van der Waals surface area contributed by atoms with E-state index in [1.165, 1.54) is 24.3 Å². The fraction of sp³-hybridized carbons (Fsp3) is 0.381. The first-order valence-corrected chi connectivity index (χ1v) is 9.10. The zero-order chi connectivity index (χ0) is 19.4. The van der Waals surface area contributed by atoms with Crippen molar-refractivity contribution < 1.29 is 13.6 Å². The van der Waals surface area contributed by atoms with Gasteiger partial charge < -0.3 is 10.2 Å². The van der Waals surface area contributed by atoms with Gasteiger partial charge in [0.2, 0.25) is 5.91 Å². The highest BCUT2D eigenvalue weighted by Gasteiger charge is 2.42. The molecule has 1 heterocycles. The number of carbonyl (C=O) groups is 1. The Kier molecular flexibility index (Phi) is 5.75. The van der Waals surface area contributed by atoms with Crippen LogP contribution in [0.25, 0.3) is 0 Å². The van der Waals surface area contributed by atoms with Crippen molar-refractivity contribution in [3.8, 4) is 0 Å². The first kappa shape index (κ1) is 19.3. The third-order valence-electron chi connectivity index (χ3n) is 5.03. The van der Waals surface area contributed by atoms with Gasteiger partial charge in [-0.2, -0.15) is 0 Å². The molecule has 0 unspecified atom stereocenters. The first-order valence-electron chi connectivity index (χ1n) is 9.10. The van der Waals surface area contributed by atoms with Gasteiger partial charge in [0.15, 0.2) is 0 Å². The fourth-order valence-corrected chi connectivity index (χ4v) is 3.65. The van der Waals surface area contributed by atoms with Crippen LogP contribution in [-0.2, 0) is 11.3 Å². The van der Waals surface area contributed by atoms with E-state index in [9.17, 15) is 13.6 Å². The standard InChI is InChI=1S/C21H25F2N3O/c1-25(2)20(27)21(24-19-8-4-7-18(23)14-19)9-11-26(12-10-21)15-16-5-3-6-17(22)13-16/h3-8,13-14,24H,9-12,15H2,1-2H3. The molecule has 2 aromatic carbocycles. The number of anilines is 1. The van der Waals surface area contributed by atoms with E-state index < -0.39 is 5.54 Å². The molecule has 1 saturated heterocycles. The summed E-state index contributed by atoms with van der Waals surface area (Å²) in [5.41, 5.74) is 0.749. The monoisotopic (exact) mass is 373 g/mol. The van der Waals surface area contributed by atoms with E-state index in [4.69, 9.17) is 0 Å². The van der Waals surface area contributed by atoms with Gasteiger partial charge >= 0.3 is 0 Å². The van der Waals surface area contributed by atoms with Crippen molar-refractivity contribution >= 4 is 11.6 Å². The minimum Gasteiger partial charge on any atom is -0.371 e. The van der Waals surface area contributed by atoms with Crippen LogP contribution in [0.2, 0.25) is 0 Å². The molecule has 1 fully saturated rings. The van der Waals surface area contributed by atoms with E-state index in [0.717, 1.165) is 5.56 Å². The summed E-state index contributed by atoms with van der Waals surface area (Å²) in [6.07, 6.45) is 1.19. The zero-order valence-electron chi connectivity index (χ0n) is 15.7. The number of hydrogen-bond donors (Lipinski definition) is 1. The lowest BCUT2D eigenvalue weighted by Crippen LogP contribution is -2.57. The number of halogens is 2. The van der Waals surface area contributed by atoms with Gasteiger partial charge in [-0.3, -0.25) is 9.69 Å². The highest BCUT2D eigenvalue weighted by atomic mass is 19.1. The van der Waals surface area contributed by atoms with Gasteiger partial charge in [0.05, 0.1) is 0 Å². The smallest absolute Gasteiger partial charge is 0.247 e. The van der Waals surface area contributed by atoms with Crippen molar-refractivity contribution in [2.24, 2.45) is 0 Å². The Balaban J connectivity index is 1.73. The summed E-state index contributed by atoms with van der Waals surface area (Å²) < 4.78 is 27.0. The quantitative estimate of drug-likeness (QED) is 0.871. The molecule has 3 rings (SSSR count). The molecule has 144 valence electrons. The molecule has 1 aliphatic rings. The van der Waals surface area contributed by atoms with Crippen LogP contribution < -0.4 is 5.32 Å². The van der Waals surface area contributed by atoms with Gasteiger partial charge in [-0.05, 0) is 48.7 Å². The van der Waals surface area contributed by atoms with E-state index in [-0.39, 0.29) is 17.5 Å². The number of rotatable bonds is 5. The van der Waals surface area contributed by atoms with Gasteiger partial charge in [0.1, 0.15) is 17.2 Å². The molecule has 4 nitrogen and oxygen atoms in total. The van der Waals surface area contributed by atoms with Gasteiger partial charge in [0.25, 0.3) is 0 Å². The van der Waals surface area contributed by atoms with Crippen molar-refractivity contribution in [2.75, 3.05) is 32.5 Å². The van der Waals surface area contributed by atoms with Gasteiger partial charge in [-0.25, -0.2) is 8.78 Å². The number of piperidine rings is 1. The Morgan fingerprint density at radius 3 is 2.30 bits per heavy atom. The molecule has 0 bridgehead atoms. The minimum atomic E-state index is -0.768. The molecule has 0 radical (unpaired) electrons. The molecule has 27 heavy (non-hydrogen) atoms. The molecule has 0 spiro atoms. The highest BCUT2D eigenvalue weighted by Crippen LogP contribution is 2.30. The Labute approximate surface area is 158 Å². The van der Waals surface area contributed by atoms with Crippen LogP contribution in [0, 0.1) is 11.6 Å². The van der Waals surface area contributed by atoms with Crippen LogP contribution in [0.4, 0.5) is 14.5 Å². The molecule has 0 atom stereocenters. The summed E-state index contributed by atoms with van der Waals surface area (Å²) in [4.78, 5) is 16.7. The van der Waals surface area contributed by atoms with Crippen LogP contribution in [-0.4, -0.2) is 48.4 Å². The number of hydrogen-bond acceptors (Lipinski definition) is 3. The van der Waals surface area contributed by atoms with E-state index in [1.54, 1.807) is 37.2 Å². The molecular formula is C21H25F2N3O. The first-order chi connectivity index (χ1) is 12.9. The molecule has 1 amide bonds. The lowest BCUT2D eigenvalue weighted by Gasteiger charge is -2.43. The molecule has 1 aliphatic heterocycles. The van der Waals surface area contributed by atoms with E-state index in [1.807, 2.05) is 6.07 Å². The maximum absolute atomic E-state index is 13.6. The SMILES string of the molecule is CN(C)C(=O)C1(Nc2cccc(F)c2)CCN(Cc2cccc(F)c2)CC1. The molecular weight excluding hydrogens is 348 g/mol. The average Bonchev–Trinajstić information content (AvgIpc) is 2.63. The topological polar surface area (TPSA) is 35.6 Å². The van der Waals surface area contributed by atoms with Crippen LogP contribution >= 0.6 is 0 Å². The Bertz CT molecular complexity index is 802. The molecule has 0 saturated carbocycles. The lowest BCUT2D eigenvalue weighted by atomic mass is 9.85. The second-order valence-corrected chi connectivity index (χ2v) is 7.32. The van der Waals surface area contributed by atoms with Crippen LogP contribution in [0.5, 0.6) is 0 Å². The second-order valence-electron chi connectivity index (χ2n) is 7.32. The lowest BCUT2D eigenvalue weighted by molar-refractivity contribution is -0.135. The number of carbonyl (C=O) groups excluding carboxylic acids is 1. The molecule has 2 aromatic rings. The molecule has 0 aromatic heterocycles. The van der Waals surface area contributed by atoms with E-state index in [2.05, 4.69) is 10.2 Å². The van der Waals surface area contributed by atoms with Crippen molar-refractivity contribution in [1.82, 2.24) is 9.80 Å². The number of likely N-dealkylation sites (tertiary alicyclic amines) is 1. The summed E-state index contributed by atoms with van der Waals surface area (Å²) in [6.45, 7) is 2.03. The van der Waals surface area contributed by atoms with Crippen molar-refractivity contribution in [3.63, 3.8) is 0 Å². The number of nitrogens with zero attached hydrogens (tertiary/aromatic N) is 2. The number of nitrogens with one attached hydrogen (secondary N) is 1. The number of amides is 1. The summed E-state index contributed by atoms with van der Waals surface area (Å²) in [5.74, 6) is -0.595. The van der Waals surface area contributed by atoms with Crippen LogP contribution in [0.1, 0.15) is 18.4 Å². The Morgan fingerprint density at radius 2 is 1.70 bits per heavy atom. The average molecular weight is 373 g/mol. The van der Waals surface area contributed by atoms with Crippen LogP contribution in [0.3, 0.4) is 0 Å².